The second kappa shape index (κ2) is 9.04. The maximum Gasteiger partial charge on any atom is 0.240 e. The third kappa shape index (κ3) is 4.71. The van der Waals surface area contributed by atoms with Gasteiger partial charge in [-0.2, -0.15) is 4.98 Å². The van der Waals surface area contributed by atoms with Crippen molar-refractivity contribution in [3.05, 3.63) is 59.6 Å². The maximum atomic E-state index is 12.5. The molecule has 0 saturated carbocycles. The second-order valence-corrected chi connectivity index (χ2v) is 9.24. The van der Waals surface area contributed by atoms with E-state index in [1.54, 1.807) is 23.8 Å². The summed E-state index contributed by atoms with van der Waals surface area (Å²) in [6.45, 7) is 2.66. The zero-order valence-corrected chi connectivity index (χ0v) is 18.7. The molecule has 0 bridgehead atoms. The van der Waals surface area contributed by atoms with E-state index in [1.165, 1.54) is 23.5 Å². The van der Waals surface area contributed by atoms with Gasteiger partial charge in [0.05, 0.1) is 24.3 Å². The Morgan fingerprint density at radius 1 is 1.06 bits per heavy atom. The Balaban J connectivity index is 1.43. The van der Waals surface area contributed by atoms with Crippen LogP contribution in [0.15, 0.2) is 58.8 Å². The molecule has 0 aliphatic carbocycles. The number of nitrogens with zero attached hydrogens (tertiary/aromatic N) is 3. The van der Waals surface area contributed by atoms with E-state index < -0.39 is 10.0 Å². The van der Waals surface area contributed by atoms with Crippen molar-refractivity contribution in [1.82, 2.24) is 19.3 Å². The molecule has 4 aromatic rings. The highest BCUT2D eigenvalue weighted by Crippen LogP contribution is 2.23. The summed E-state index contributed by atoms with van der Waals surface area (Å²) < 4.78 is 40.0. The minimum Gasteiger partial charge on any atom is -0.497 e. The molecule has 0 spiro atoms. The number of sulfonamides is 1. The lowest BCUT2D eigenvalue weighted by Crippen LogP contribution is -2.26. The third-order valence-corrected chi connectivity index (χ3v) is 6.96. The number of ether oxygens (including phenoxy) is 2. The Kier molecular flexibility index (Phi) is 6.21. The minimum absolute atomic E-state index is 0.203. The van der Waals surface area contributed by atoms with Gasteiger partial charge in [-0.1, -0.05) is 0 Å². The van der Waals surface area contributed by atoms with Crippen molar-refractivity contribution < 1.29 is 17.9 Å². The zero-order chi connectivity index (χ0) is 21.8. The first-order valence-electron chi connectivity index (χ1n) is 9.70. The quantitative estimate of drug-likeness (QED) is 0.413. The highest BCUT2D eigenvalue weighted by atomic mass is 32.2. The molecule has 0 radical (unpaired) electrons. The summed E-state index contributed by atoms with van der Waals surface area (Å²) >= 11 is 1.47. The number of rotatable bonds is 9. The largest absolute Gasteiger partial charge is 0.497 e. The van der Waals surface area contributed by atoms with E-state index in [2.05, 4.69) is 14.8 Å². The monoisotopic (exact) mass is 458 g/mol. The molecule has 0 atom stereocenters. The van der Waals surface area contributed by atoms with Crippen LogP contribution >= 0.6 is 11.3 Å². The molecule has 0 fully saturated rings. The summed E-state index contributed by atoms with van der Waals surface area (Å²) in [5.74, 6) is 2.02. The number of hydrogen-bond donors (Lipinski definition) is 1. The van der Waals surface area contributed by atoms with E-state index >= 15 is 0 Å². The van der Waals surface area contributed by atoms with Gasteiger partial charge >= 0.3 is 0 Å². The predicted molar refractivity (Wildman–Crippen MR) is 119 cm³/mol. The SMILES string of the molecule is CCOc1ccc(S(=O)(=O)NCCc2csc3nc(-c4ccc(OC)cc4)nn23)cc1. The summed E-state index contributed by atoms with van der Waals surface area (Å²) in [6.07, 6.45) is 0.488. The van der Waals surface area contributed by atoms with Crippen LogP contribution in [0.2, 0.25) is 0 Å². The molecule has 0 saturated heterocycles. The lowest BCUT2D eigenvalue weighted by Gasteiger charge is -2.08. The van der Waals surface area contributed by atoms with Gasteiger partial charge in [-0.15, -0.1) is 16.4 Å². The van der Waals surface area contributed by atoms with Gasteiger partial charge in [0.15, 0.2) is 5.82 Å². The Labute approximate surface area is 184 Å². The van der Waals surface area contributed by atoms with E-state index in [1.807, 2.05) is 36.6 Å². The van der Waals surface area contributed by atoms with E-state index in [-0.39, 0.29) is 11.4 Å². The smallest absolute Gasteiger partial charge is 0.240 e. The van der Waals surface area contributed by atoms with Gasteiger partial charge in [0.2, 0.25) is 15.0 Å². The molecule has 0 aliphatic rings. The van der Waals surface area contributed by atoms with Crippen LogP contribution in [-0.4, -0.2) is 43.3 Å². The van der Waals surface area contributed by atoms with Gasteiger partial charge in [0, 0.05) is 23.9 Å². The molecule has 31 heavy (non-hydrogen) atoms. The number of benzene rings is 2. The zero-order valence-electron chi connectivity index (χ0n) is 17.1. The van der Waals surface area contributed by atoms with E-state index in [9.17, 15) is 8.42 Å². The first-order chi connectivity index (χ1) is 15.0. The number of methoxy groups -OCH3 is 1. The summed E-state index contributed by atoms with van der Waals surface area (Å²) in [5, 5.41) is 6.53. The molecule has 10 heteroatoms. The standard InChI is InChI=1S/C21H22N4O4S2/c1-3-29-18-8-10-19(11-9-18)31(26,27)22-13-12-16-14-30-21-23-20(24-25(16)21)15-4-6-17(28-2)7-5-15/h4-11,14,22H,3,12-13H2,1-2H3. The number of fused-ring (bicyclic) bond motifs is 1. The highest BCUT2D eigenvalue weighted by molar-refractivity contribution is 7.89. The average Bonchev–Trinajstić information content (AvgIpc) is 3.36. The number of aromatic nitrogens is 3. The van der Waals surface area contributed by atoms with Crippen LogP contribution in [0, 0.1) is 0 Å². The van der Waals surface area contributed by atoms with Crippen molar-refractivity contribution >= 4 is 26.3 Å². The lowest BCUT2D eigenvalue weighted by atomic mass is 10.2. The van der Waals surface area contributed by atoms with Gasteiger partial charge in [-0.3, -0.25) is 0 Å². The molecular weight excluding hydrogens is 436 g/mol. The van der Waals surface area contributed by atoms with Crippen LogP contribution in [0.1, 0.15) is 12.6 Å². The lowest BCUT2D eigenvalue weighted by molar-refractivity contribution is 0.340. The molecule has 4 rings (SSSR count). The molecule has 2 aromatic carbocycles. The summed E-state index contributed by atoms with van der Waals surface area (Å²) in [5.41, 5.74) is 1.78. The van der Waals surface area contributed by atoms with Crippen LogP contribution in [-0.2, 0) is 16.4 Å². The normalized spacial score (nSPS) is 11.7. The van der Waals surface area contributed by atoms with Gasteiger partial charge in [-0.25, -0.2) is 17.7 Å². The fourth-order valence-electron chi connectivity index (χ4n) is 3.04. The molecule has 0 aliphatic heterocycles. The predicted octanol–water partition coefficient (Wildman–Crippen LogP) is 3.39. The Morgan fingerprint density at radius 2 is 1.77 bits per heavy atom. The van der Waals surface area contributed by atoms with Crippen molar-refractivity contribution in [3.63, 3.8) is 0 Å². The average molecular weight is 459 g/mol. The van der Waals surface area contributed by atoms with Crippen LogP contribution in [0.25, 0.3) is 16.3 Å². The minimum atomic E-state index is -3.60. The van der Waals surface area contributed by atoms with Gasteiger partial charge in [0.25, 0.3) is 0 Å². The molecule has 2 aromatic heterocycles. The summed E-state index contributed by atoms with van der Waals surface area (Å²) in [4.78, 5) is 5.53. The molecular formula is C21H22N4O4S2. The first-order valence-corrected chi connectivity index (χ1v) is 12.1. The number of nitrogens with one attached hydrogen (secondary N) is 1. The van der Waals surface area contributed by atoms with E-state index in [0.29, 0.717) is 24.6 Å². The van der Waals surface area contributed by atoms with Crippen LogP contribution in [0.5, 0.6) is 11.5 Å². The molecule has 0 amide bonds. The van der Waals surface area contributed by atoms with Crippen molar-refractivity contribution in [2.75, 3.05) is 20.3 Å². The van der Waals surface area contributed by atoms with Crippen LogP contribution < -0.4 is 14.2 Å². The fourth-order valence-corrected chi connectivity index (χ4v) is 4.93. The van der Waals surface area contributed by atoms with Crippen LogP contribution in [0.3, 0.4) is 0 Å². The number of hydrogen-bond acceptors (Lipinski definition) is 7. The van der Waals surface area contributed by atoms with Crippen molar-refractivity contribution in [3.8, 4) is 22.9 Å². The Bertz CT molecular complexity index is 1260. The van der Waals surface area contributed by atoms with Crippen LogP contribution in [0.4, 0.5) is 0 Å². The Hall–Kier alpha value is -2.95. The topological polar surface area (TPSA) is 94.8 Å². The third-order valence-electron chi connectivity index (χ3n) is 4.62. The second-order valence-electron chi connectivity index (χ2n) is 6.64. The molecule has 2 heterocycles. The maximum absolute atomic E-state index is 12.5. The Morgan fingerprint density at radius 3 is 2.45 bits per heavy atom. The number of thiazole rings is 1. The molecule has 0 unspecified atom stereocenters. The van der Waals surface area contributed by atoms with Crippen molar-refractivity contribution in [2.45, 2.75) is 18.2 Å². The highest BCUT2D eigenvalue weighted by Gasteiger charge is 2.15. The van der Waals surface area contributed by atoms with E-state index in [4.69, 9.17) is 9.47 Å². The first kappa shape index (κ1) is 21.3. The molecule has 1 N–H and O–H groups in total. The molecule has 162 valence electrons. The summed E-state index contributed by atoms with van der Waals surface area (Å²) in [7, 11) is -1.98. The van der Waals surface area contributed by atoms with E-state index in [0.717, 1.165) is 22.0 Å². The molecule has 8 nitrogen and oxygen atoms in total. The van der Waals surface area contributed by atoms with Gasteiger partial charge in [-0.05, 0) is 55.5 Å². The fraction of sp³-hybridized carbons (Fsp3) is 0.238. The van der Waals surface area contributed by atoms with Gasteiger partial charge in [0.1, 0.15) is 11.5 Å². The van der Waals surface area contributed by atoms with Gasteiger partial charge < -0.3 is 9.47 Å². The van der Waals surface area contributed by atoms with Crippen molar-refractivity contribution in [2.24, 2.45) is 0 Å². The van der Waals surface area contributed by atoms with Crippen molar-refractivity contribution in [1.29, 1.82) is 0 Å². The summed E-state index contributed by atoms with van der Waals surface area (Å²) in [6, 6.07) is 13.9.